The number of hydrogen-bond donors (Lipinski definition) is 0. The summed E-state index contributed by atoms with van der Waals surface area (Å²) in [6, 6.07) is 12.6. The topological polar surface area (TPSA) is 9.23 Å². The average molecular weight is 339 g/mol. The van der Waals surface area contributed by atoms with Gasteiger partial charge in [0.15, 0.2) is 0 Å². The van der Waals surface area contributed by atoms with Crippen molar-refractivity contribution in [2.75, 3.05) is 7.11 Å². The normalized spacial score (nSPS) is 12.3. The first-order chi connectivity index (χ1) is 9.29. The molecule has 0 saturated heterocycles. The number of thiophene rings is 1. The third-order valence-corrected chi connectivity index (χ3v) is 4.87. The molecule has 0 aliphatic heterocycles. The second kappa shape index (κ2) is 7.71. The van der Waals surface area contributed by atoms with Crippen molar-refractivity contribution in [3.05, 3.63) is 52.2 Å². The minimum atomic E-state index is 0.517. The number of para-hydroxylation sites is 1. The van der Waals surface area contributed by atoms with Crippen LogP contribution in [0.3, 0.4) is 0 Å². The molecule has 0 aliphatic carbocycles. The smallest absolute Gasteiger partial charge is 0.122 e. The highest BCUT2D eigenvalue weighted by Crippen LogP contribution is 2.24. The standard InChI is InChI=1S/C16H19BrOS/c1-18-16-10-3-2-6-13(16)12-14(17)7-4-8-15-9-5-11-19-15/h2-3,5-6,9-11,14H,4,7-8,12H2,1H3. The summed E-state index contributed by atoms with van der Waals surface area (Å²) in [4.78, 5) is 2.00. The van der Waals surface area contributed by atoms with E-state index in [1.54, 1.807) is 7.11 Å². The quantitative estimate of drug-likeness (QED) is 0.639. The molecule has 0 saturated carbocycles. The number of methoxy groups -OCH3 is 1. The predicted molar refractivity (Wildman–Crippen MR) is 86.7 cm³/mol. The van der Waals surface area contributed by atoms with Gasteiger partial charge in [0.1, 0.15) is 5.75 Å². The first kappa shape index (κ1) is 14.6. The van der Waals surface area contributed by atoms with Gasteiger partial charge in [0, 0.05) is 9.70 Å². The summed E-state index contributed by atoms with van der Waals surface area (Å²) >= 11 is 5.64. The fraction of sp³-hybridized carbons (Fsp3) is 0.375. The molecular weight excluding hydrogens is 320 g/mol. The Kier molecular flexibility index (Phi) is 5.93. The van der Waals surface area contributed by atoms with Gasteiger partial charge >= 0.3 is 0 Å². The summed E-state index contributed by atoms with van der Waals surface area (Å²) in [7, 11) is 1.73. The molecule has 0 spiro atoms. The van der Waals surface area contributed by atoms with Gasteiger partial charge in [0.2, 0.25) is 0 Å². The molecule has 0 aliphatic rings. The Morgan fingerprint density at radius 2 is 2.05 bits per heavy atom. The van der Waals surface area contributed by atoms with Crippen molar-refractivity contribution < 1.29 is 4.74 Å². The lowest BCUT2D eigenvalue weighted by atomic mass is 10.0. The molecule has 1 aromatic carbocycles. The molecule has 0 amide bonds. The number of ether oxygens (including phenoxy) is 1. The second-order valence-electron chi connectivity index (χ2n) is 4.58. The highest BCUT2D eigenvalue weighted by Gasteiger charge is 2.09. The maximum absolute atomic E-state index is 5.39. The first-order valence-corrected chi connectivity index (χ1v) is 8.37. The van der Waals surface area contributed by atoms with Crippen LogP contribution < -0.4 is 4.74 Å². The van der Waals surface area contributed by atoms with Gasteiger partial charge in [0.25, 0.3) is 0 Å². The first-order valence-electron chi connectivity index (χ1n) is 6.58. The molecule has 0 radical (unpaired) electrons. The second-order valence-corrected chi connectivity index (χ2v) is 6.91. The van der Waals surface area contributed by atoms with E-state index in [0.717, 1.165) is 12.2 Å². The molecule has 2 rings (SSSR count). The number of aryl methyl sites for hydroxylation is 1. The summed E-state index contributed by atoms with van der Waals surface area (Å²) in [6.45, 7) is 0. The van der Waals surface area contributed by atoms with Crippen LogP contribution in [0.5, 0.6) is 5.75 Å². The van der Waals surface area contributed by atoms with E-state index in [2.05, 4.69) is 45.6 Å². The number of halogens is 1. The molecule has 0 bridgehead atoms. The van der Waals surface area contributed by atoms with Crippen LogP contribution in [0.1, 0.15) is 23.3 Å². The predicted octanol–water partition coefficient (Wildman–Crippen LogP) is 5.09. The molecule has 19 heavy (non-hydrogen) atoms. The van der Waals surface area contributed by atoms with E-state index in [4.69, 9.17) is 4.74 Å². The van der Waals surface area contributed by atoms with Gasteiger partial charge in [-0.1, -0.05) is 40.2 Å². The fourth-order valence-corrected chi connectivity index (χ4v) is 3.59. The number of alkyl halides is 1. The maximum Gasteiger partial charge on any atom is 0.122 e. The monoisotopic (exact) mass is 338 g/mol. The van der Waals surface area contributed by atoms with E-state index < -0.39 is 0 Å². The summed E-state index contributed by atoms with van der Waals surface area (Å²) in [5, 5.41) is 2.15. The Bertz CT molecular complexity index is 481. The van der Waals surface area contributed by atoms with Crippen LogP contribution >= 0.6 is 27.3 Å². The Labute approximate surface area is 127 Å². The molecule has 0 N–H and O–H groups in total. The van der Waals surface area contributed by atoms with E-state index in [0.29, 0.717) is 4.83 Å². The summed E-state index contributed by atoms with van der Waals surface area (Å²) < 4.78 is 5.39. The lowest BCUT2D eigenvalue weighted by Crippen LogP contribution is -2.04. The van der Waals surface area contributed by atoms with Crippen LogP contribution in [0.2, 0.25) is 0 Å². The van der Waals surface area contributed by atoms with E-state index in [9.17, 15) is 0 Å². The Morgan fingerprint density at radius 3 is 2.79 bits per heavy atom. The van der Waals surface area contributed by atoms with Crippen LogP contribution in [0.4, 0.5) is 0 Å². The van der Waals surface area contributed by atoms with Crippen molar-refractivity contribution in [2.24, 2.45) is 0 Å². The van der Waals surface area contributed by atoms with Crippen LogP contribution in [0.15, 0.2) is 41.8 Å². The third kappa shape index (κ3) is 4.66. The molecular formula is C16H19BrOS. The molecule has 3 heteroatoms. The van der Waals surface area contributed by atoms with Crippen LogP contribution in [-0.4, -0.2) is 11.9 Å². The van der Waals surface area contributed by atoms with Crippen molar-refractivity contribution in [3.63, 3.8) is 0 Å². The number of rotatable bonds is 7. The highest BCUT2D eigenvalue weighted by atomic mass is 79.9. The number of benzene rings is 1. The molecule has 1 aromatic heterocycles. The minimum Gasteiger partial charge on any atom is -0.496 e. The van der Waals surface area contributed by atoms with Gasteiger partial charge < -0.3 is 4.74 Å². The Balaban J connectivity index is 1.79. The largest absolute Gasteiger partial charge is 0.496 e. The lowest BCUT2D eigenvalue weighted by Gasteiger charge is -2.12. The minimum absolute atomic E-state index is 0.517. The van der Waals surface area contributed by atoms with Crippen molar-refractivity contribution in [1.82, 2.24) is 0 Å². The summed E-state index contributed by atoms with van der Waals surface area (Å²) in [6.07, 6.45) is 4.63. The molecule has 1 nitrogen and oxygen atoms in total. The molecule has 2 aromatic rings. The lowest BCUT2D eigenvalue weighted by molar-refractivity contribution is 0.409. The van der Waals surface area contributed by atoms with Gasteiger partial charge in [-0.25, -0.2) is 0 Å². The SMILES string of the molecule is COc1ccccc1CC(Br)CCCc1cccs1. The van der Waals surface area contributed by atoms with Crippen LogP contribution in [0.25, 0.3) is 0 Å². The Hall–Kier alpha value is -0.800. The van der Waals surface area contributed by atoms with Gasteiger partial charge in [-0.15, -0.1) is 11.3 Å². The van der Waals surface area contributed by atoms with Crippen LogP contribution in [-0.2, 0) is 12.8 Å². The van der Waals surface area contributed by atoms with Crippen molar-refractivity contribution in [2.45, 2.75) is 30.5 Å². The van der Waals surface area contributed by atoms with E-state index >= 15 is 0 Å². The molecule has 102 valence electrons. The maximum atomic E-state index is 5.39. The van der Waals surface area contributed by atoms with E-state index in [1.165, 1.54) is 29.7 Å². The zero-order valence-corrected chi connectivity index (χ0v) is 13.5. The van der Waals surface area contributed by atoms with Crippen molar-refractivity contribution in [3.8, 4) is 5.75 Å². The summed E-state index contributed by atoms with van der Waals surface area (Å²) in [5.41, 5.74) is 1.28. The van der Waals surface area contributed by atoms with E-state index in [-0.39, 0.29) is 0 Å². The van der Waals surface area contributed by atoms with Crippen molar-refractivity contribution in [1.29, 1.82) is 0 Å². The average Bonchev–Trinajstić information content (AvgIpc) is 2.92. The van der Waals surface area contributed by atoms with Gasteiger partial charge in [-0.3, -0.25) is 0 Å². The zero-order chi connectivity index (χ0) is 13.5. The molecule has 1 heterocycles. The zero-order valence-electron chi connectivity index (χ0n) is 11.1. The molecule has 0 fully saturated rings. The van der Waals surface area contributed by atoms with Gasteiger partial charge in [-0.2, -0.15) is 0 Å². The van der Waals surface area contributed by atoms with Gasteiger partial charge in [-0.05, 0) is 48.8 Å². The number of hydrogen-bond acceptors (Lipinski definition) is 2. The van der Waals surface area contributed by atoms with Crippen LogP contribution in [0, 0.1) is 0 Å². The fourth-order valence-electron chi connectivity index (χ4n) is 2.16. The molecule has 1 unspecified atom stereocenters. The van der Waals surface area contributed by atoms with E-state index in [1.807, 2.05) is 23.5 Å². The Morgan fingerprint density at radius 1 is 1.21 bits per heavy atom. The van der Waals surface area contributed by atoms with Gasteiger partial charge in [0.05, 0.1) is 7.11 Å². The molecule has 1 atom stereocenters. The third-order valence-electron chi connectivity index (χ3n) is 3.15. The summed E-state index contributed by atoms with van der Waals surface area (Å²) in [5.74, 6) is 0.991. The van der Waals surface area contributed by atoms with Crippen molar-refractivity contribution >= 4 is 27.3 Å². The highest BCUT2D eigenvalue weighted by molar-refractivity contribution is 9.09.